The van der Waals surface area contributed by atoms with Gasteiger partial charge in [-0.1, -0.05) is 44.0 Å². The summed E-state index contributed by atoms with van der Waals surface area (Å²) in [5, 5.41) is 0. The molecule has 0 bridgehead atoms. The maximum atomic E-state index is 11.9. The van der Waals surface area contributed by atoms with Gasteiger partial charge in [0, 0.05) is 5.57 Å². The van der Waals surface area contributed by atoms with Gasteiger partial charge in [-0.3, -0.25) is 4.79 Å². The summed E-state index contributed by atoms with van der Waals surface area (Å²) in [4.78, 5) is 23.4. The monoisotopic (exact) mass is 392 g/mol. The molecule has 0 aromatic heterocycles. The van der Waals surface area contributed by atoms with E-state index in [4.69, 9.17) is 14.2 Å². The lowest BCUT2D eigenvalue weighted by molar-refractivity contribution is -0.135. The van der Waals surface area contributed by atoms with E-state index < -0.39 is 11.9 Å². The lowest BCUT2D eigenvalue weighted by Crippen LogP contribution is -2.11. The van der Waals surface area contributed by atoms with Crippen LogP contribution in [-0.2, 0) is 14.3 Å². The number of ether oxygens (including phenoxy) is 3. The van der Waals surface area contributed by atoms with Crippen molar-refractivity contribution in [3.8, 4) is 22.6 Å². The zero-order chi connectivity index (χ0) is 21.4. The molecule has 0 spiro atoms. The van der Waals surface area contributed by atoms with Crippen molar-refractivity contribution >= 4 is 11.9 Å². The molecular formula is C24H24O5. The zero-order valence-corrected chi connectivity index (χ0v) is 16.7. The summed E-state index contributed by atoms with van der Waals surface area (Å²) in [5.74, 6) is 0.505. The lowest BCUT2D eigenvalue weighted by Gasteiger charge is -2.09. The van der Waals surface area contributed by atoms with Crippen LogP contribution in [0.25, 0.3) is 11.1 Å². The van der Waals surface area contributed by atoms with E-state index in [1.54, 1.807) is 38.1 Å². The van der Waals surface area contributed by atoms with Crippen molar-refractivity contribution < 1.29 is 23.8 Å². The summed E-state index contributed by atoms with van der Waals surface area (Å²) >= 11 is 0. The van der Waals surface area contributed by atoms with E-state index in [9.17, 15) is 9.59 Å². The number of hydrogen-bond donors (Lipinski definition) is 0. The molecule has 0 saturated carbocycles. The van der Waals surface area contributed by atoms with Crippen molar-refractivity contribution in [1.29, 1.82) is 0 Å². The van der Waals surface area contributed by atoms with Gasteiger partial charge in [0.2, 0.25) is 0 Å². The highest BCUT2D eigenvalue weighted by Gasteiger charge is 2.08. The van der Waals surface area contributed by atoms with Crippen molar-refractivity contribution in [2.24, 2.45) is 0 Å². The summed E-state index contributed by atoms with van der Waals surface area (Å²) < 4.78 is 15.8. The minimum absolute atomic E-state index is 0.110. The maximum Gasteiger partial charge on any atom is 0.338 e. The van der Waals surface area contributed by atoms with Gasteiger partial charge in [-0.25, -0.2) is 4.79 Å². The van der Waals surface area contributed by atoms with Gasteiger partial charge in [-0.2, -0.15) is 0 Å². The average molecular weight is 392 g/mol. The molecule has 0 radical (unpaired) electrons. The van der Waals surface area contributed by atoms with Gasteiger partial charge in [-0.05, 0) is 54.8 Å². The Labute approximate surface area is 170 Å². The zero-order valence-electron chi connectivity index (χ0n) is 16.7. The van der Waals surface area contributed by atoms with Crippen molar-refractivity contribution in [2.45, 2.75) is 20.3 Å². The van der Waals surface area contributed by atoms with Crippen LogP contribution >= 0.6 is 0 Å². The normalized spacial score (nSPS) is 10.0. The molecule has 5 heteroatoms. The van der Waals surface area contributed by atoms with Gasteiger partial charge >= 0.3 is 11.9 Å². The van der Waals surface area contributed by atoms with Crippen LogP contribution in [-0.4, -0.2) is 18.5 Å². The van der Waals surface area contributed by atoms with Crippen LogP contribution in [0.15, 0.2) is 85.2 Å². The molecule has 0 amide bonds. The third-order valence-electron chi connectivity index (χ3n) is 3.89. The van der Waals surface area contributed by atoms with E-state index in [-0.39, 0.29) is 13.0 Å². The Morgan fingerprint density at radius 1 is 0.759 bits per heavy atom. The molecule has 0 N–H and O–H groups in total. The number of esters is 2. The first-order valence-corrected chi connectivity index (χ1v) is 9.02. The van der Waals surface area contributed by atoms with Gasteiger partial charge < -0.3 is 14.2 Å². The van der Waals surface area contributed by atoms with Gasteiger partial charge in [0.15, 0.2) is 0 Å². The number of benzene rings is 2. The fourth-order valence-corrected chi connectivity index (χ4v) is 2.19. The smallest absolute Gasteiger partial charge is 0.338 e. The second-order valence-corrected chi connectivity index (χ2v) is 6.49. The quantitative estimate of drug-likeness (QED) is 0.192. The van der Waals surface area contributed by atoms with Crippen LogP contribution in [0.4, 0.5) is 0 Å². The maximum absolute atomic E-state index is 11.9. The summed E-state index contributed by atoms with van der Waals surface area (Å²) in [6, 6.07) is 14.2. The Bertz CT molecular complexity index is 921. The molecule has 0 saturated heterocycles. The van der Waals surface area contributed by atoms with Crippen LogP contribution in [0, 0.1) is 0 Å². The molecule has 150 valence electrons. The Kier molecular flexibility index (Phi) is 7.54. The molecule has 5 nitrogen and oxygen atoms in total. The summed E-state index contributed by atoms with van der Waals surface area (Å²) in [6.45, 7) is 14.5. The molecule has 0 aliphatic carbocycles. The van der Waals surface area contributed by atoms with Crippen LogP contribution < -0.4 is 9.47 Å². The second kappa shape index (κ2) is 10.1. The molecule has 0 unspecified atom stereocenters. The molecule has 2 aromatic carbocycles. The fraction of sp³-hybridized carbons (Fsp3) is 0.167. The molecule has 0 fully saturated rings. The number of carbonyl (C=O) groups excluding carboxylic acids is 2. The highest BCUT2D eigenvalue weighted by atomic mass is 16.5. The second-order valence-electron chi connectivity index (χ2n) is 6.49. The van der Waals surface area contributed by atoms with Gasteiger partial charge in [0.1, 0.15) is 17.3 Å². The molecule has 0 heterocycles. The first-order chi connectivity index (χ1) is 13.8. The third-order valence-corrected chi connectivity index (χ3v) is 3.89. The molecule has 0 aliphatic rings. The van der Waals surface area contributed by atoms with E-state index in [2.05, 4.69) is 19.7 Å². The predicted octanol–water partition coefficient (Wildman–Crippen LogP) is 5.24. The van der Waals surface area contributed by atoms with Crippen LogP contribution in [0.2, 0.25) is 0 Å². The highest BCUT2D eigenvalue weighted by molar-refractivity contribution is 5.88. The summed E-state index contributed by atoms with van der Waals surface area (Å²) in [5.41, 5.74) is 2.93. The van der Waals surface area contributed by atoms with Crippen molar-refractivity contribution in [2.75, 3.05) is 6.61 Å². The SMILES string of the molecule is C=C(C)C(=C)OCCC(=O)Oc1ccc(-c2ccc(OC(=O)C(=C)C)cc2)cc1. The third kappa shape index (κ3) is 6.81. The minimum atomic E-state index is -0.460. The van der Waals surface area contributed by atoms with Crippen LogP contribution in [0.5, 0.6) is 11.5 Å². The first kappa shape index (κ1) is 21.7. The lowest BCUT2D eigenvalue weighted by atomic mass is 10.1. The Morgan fingerprint density at radius 3 is 1.69 bits per heavy atom. The predicted molar refractivity (Wildman–Crippen MR) is 112 cm³/mol. The van der Waals surface area contributed by atoms with E-state index >= 15 is 0 Å². The van der Waals surface area contributed by atoms with Crippen LogP contribution in [0.3, 0.4) is 0 Å². The van der Waals surface area contributed by atoms with E-state index in [0.29, 0.717) is 22.8 Å². The number of carbonyl (C=O) groups is 2. The Hall–Kier alpha value is -3.60. The van der Waals surface area contributed by atoms with E-state index in [0.717, 1.165) is 16.7 Å². The minimum Gasteiger partial charge on any atom is -0.493 e. The van der Waals surface area contributed by atoms with Crippen molar-refractivity contribution in [1.82, 2.24) is 0 Å². The average Bonchev–Trinajstić information content (AvgIpc) is 2.69. The molecule has 0 aliphatic heterocycles. The van der Waals surface area contributed by atoms with E-state index in [1.807, 2.05) is 24.3 Å². The molecule has 2 aromatic rings. The Balaban J connectivity index is 1.90. The van der Waals surface area contributed by atoms with Crippen molar-refractivity contribution in [3.63, 3.8) is 0 Å². The first-order valence-electron chi connectivity index (χ1n) is 9.02. The Morgan fingerprint density at radius 2 is 1.24 bits per heavy atom. The standard InChI is InChI=1S/C24H24O5/c1-16(2)18(5)27-15-14-23(25)28-21-10-6-19(7-11-21)20-8-12-22(13-9-20)29-24(26)17(3)4/h6-13H,1,3,5,14-15H2,2,4H3. The van der Waals surface area contributed by atoms with Gasteiger partial charge in [-0.15, -0.1) is 0 Å². The number of hydrogen-bond acceptors (Lipinski definition) is 5. The van der Waals surface area contributed by atoms with Crippen LogP contribution in [0.1, 0.15) is 20.3 Å². The summed E-state index contributed by atoms with van der Waals surface area (Å²) in [6.07, 6.45) is 0.110. The highest BCUT2D eigenvalue weighted by Crippen LogP contribution is 2.25. The number of rotatable bonds is 9. The van der Waals surface area contributed by atoms with E-state index in [1.165, 1.54) is 0 Å². The molecular weight excluding hydrogens is 368 g/mol. The largest absolute Gasteiger partial charge is 0.493 e. The summed E-state index contributed by atoms with van der Waals surface area (Å²) in [7, 11) is 0. The van der Waals surface area contributed by atoms with Crippen molar-refractivity contribution in [3.05, 3.63) is 85.2 Å². The fourth-order valence-electron chi connectivity index (χ4n) is 2.19. The molecule has 29 heavy (non-hydrogen) atoms. The van der Waals surface area contributed by atoms with Gasteiger partial charge in [0.25, 0.3) is 0 Å². The molecule has 2 rings (SSSR count). The van der Waals surface area contributed by atoms with Gasteiger partial charge in [0.05, 0.1) is 13.0 Å². The molecule has 0 atom stereocenters. The number of allylic oxidation sites excluding steroid dienone is 1. The topological polar surface area (TPSA) is 61.8 Å².